The van der Waals surface area contributed by atoms with Crippen molar-refractivity contribution in [2.75, 3.05) is 18.8 Å². The molecule has 2 aliphatic heterocycles. The molecule has 1 N–H and O–H groups in total. The summed E-state index contributed by atoms with van der Waals surface area (Å²) in [6.07, 6.45) is 1.57. The number of amides is 1. The Hall–Kier alpha value is -1.59. The van der Waals surface area contributed by atoms with Gasteiger partial charge >= 0.3 is 12.1 Å². The first-order valence-electron chi connectivity index (χ1n) is 9.53. The Kier molecular flexibility index (Phi) is 7.13. The van der Waals surface area contributed by atoms with E-state index >= 15 is 0 Å². The van der Waals surface area contributed by atoms with Gasteiger partial charge in [-0.15, -0.1) is 23.1 Å². The number of halogens is 3. The Morgan fingerprint density at radius 1 is 1.40 bits per heavy atom. The fourth-order valence-electron chi connectivity index (χ4n) is 3.67. The zero-order chi connectivity index (χ0) is 21.9. The van der Waals surface area contributed by atoms with Crippen LogP contribution in [0.15, 0.2) is 17.0 Å². The number of ether oxygens (including phenoxy) is 1. The Bertz CT molecular complexity index is 819. The van der Waals surface area contributed by atoms with E-state index in [4.69, 9.17) is 14.6 Å². The first kappa shape index (κ1) is 23.1. The van der Waals surface area contributed by atoms with Crippen LogP contribution in [0.4, 0.5) is 13.2 Å². The number of carboxylic acids is 1. The van der Waals surface area contributed by atoms with Gasteiger partial charge in [0.2, 0.25) is 5.91 Å². The molecule has 166 valence electrons. The molecule has 2 saturated heterocycles. The minimum atomic E-state index is -5.08. The molecule has 1 aromatic rings. The highest BCUT2D eigenvalue weighted by atomic mass is 32.2. The Labute approximate surface area is 180 Å². The number of carbonyl (C=O) groups is 2. The molecule has 2 fully saturated rings. The summed E-state index contributed by atoms with van der Waals surface area (Å²) >= 11 is 3.66. The summed E-state index contributed by atoms with van der Waals surface area (Å²) < 4.78 is 38.0. The molecule has 1 atom stereocenters. The second-order valence-electron chi connectivity index (χ2n) is 7.57. The molecular weight excluding hydrogens is 441 g/mol. The van der Waals surface area contributed by atoms with E-state index in [9.17, 15) is 18.0 Å². The molecule has 0 saturated carbocycles. The third kappa shape index (κ3) is 5.76. The molecular formula is C19H23F3N2O4S2. The average molecular weight is 465 g/mol. The van der Waals surface area contributed by atoms with Crippen LogP contribution in [0.1, 0.15) is 36.4 Å². The van der Waals surface area contributed by atoms with Crippen LogP contribution in [0.2, 0.25) is 0 Å². The summed E-state index contributed by atoms with van der Waals surface area (Å²) in [7, 11) is 0. The van der Waals surface area contributed by atoms with Crippen molar-refractivity contribution in [2.24, 2.45) is 0 Å². The molecule has 30 heavy (non-hydrogen) atoms. The molecule has 1 aliphatic carbocycles. The monoisotopic (exact) mass is 464 g/mol. The molecule has 1 spiro atoms. The second kappa shape index (κ2) is 9.27. The highest BCUT2D eigenvalue weighted by molar-refractivity contribution is 8.01. The summed E-state index contributed by atoms with van der Waals surface area (Å²) in [4.78, 5) is 27.7. The van der Waals surface area contributed by atoms with Crippen molar-refractivity contribution in [3.05, 3.63) is 27.7 Å². The fourth-order valence-corrected chi connectivity index (χ4v) is 5.82. The number of allylic oxidation sites excluding steroid dienone is 1. The predicted octanol–water partition coefficient (Wildman–Crippen LogP) is 3.80. The van der Waals surface area contributed by atoms with Crippen LogP contribution >= 0.6 is 23.1 Å². The summed E-state index contributed by atoms with van der Waals surface area (Å²) in [5, 5.41) is 10.3. The predicted molar refractivity (Wildman–Crippen MR) is 107 cm³/mol. The van der Waals surface area contributed by atoms with Gasteiger partial charge in [-0.05, 0) is 32.6 Å². The van der Waals surface area contributed by atoms with Gasteiger partial charge in [0.05, 0.1) is 28.2 Å². The van der Waals surface area contributed by atoms with E-state index in [1.54, 1.807) is 11.3 Å². The van der Waals surface area contributed by atoms with Gasteiger partial charge in [0.15, 0.2) is 0 Å². The lowest BCUT2D eigenvalue weighted by Crippen LogP contribution is -2.61. The number of carboxylic acid groups (broad SMARTS) is 1. The van der Waals surface area contributed by atoms with Crippen molar-refractivity contribution in [1.29, 1.82) is 0 Å². The lowest BCUT2D eigenvalue weighted by atomic mass is 9.92. The first-order valence-corrected chi connectivity index (χ1v) is 11.4. The van der Waals surface area contributed by atoms with Crippen LogP contribution in [0.3, 0.4) is 0 Å². The maximum absolute atomic E-state index is 12.4. The van der Waals surface area contributed by atoms with Crippen LogP contribution in [-0.4, -0.2) is 62.7 Å². The highest BCUT2D eigenvalue weighted by Gasteiger charge is 2.51. The van der Waals surface area contributed by atoms with E-state index in [1.807, 2.05) is 23.6 Å². The normalized spacial score (nSPS) is 22.3. The quantitative estimate of drug-likeness (QED) is 0.730. The standard InChI is InChI=1S/C17H22N2O2S2.C2HF3O2/c1-12-18-14(8-22-12)7-21-15-6-17(23-9-15)10-19(11-17)16(20)13-4-2-3-5-13;3-2(4,5)1(6)7/h4,8,15H,2-3,5-7,9-11H2,1H3;(H,6,7). The third-order valence-electron chi connectivity index (χ3n) is 5.11. The van der Waals surface area contributed by atoms with Crippen molar-refractivity contribution >= 4 is 35.0 Å². The summed E-state index contributed by atoms with van der Waals surface area (Å²) in [5.41, 5.74) is 2.08. The number of hydrogen-bond acceptors (Lipinski definition) is 6. The molecule has 3 aliphatic rings. The van der Waals surface area contributed by atoms with E-state index < -0.39 is 12.1 Å². The van der Waals surface area contributed by atoms with Gasteiger partial charge in [0.25, 0.3) is 0 Å². The van der Waals surface area contributed by atoms with Crippen LogP contribution in [0.5, 0.6) is 0 Å². The molecule has 11 heteroatoms. The number of aromatic nitrogens is 1. The van der Waals surface area contributed by atoms with Gasteiger partial charge in [0, 0.05) is 29.8 Å². The number of thiazole rings is 1. The number of rotatable bonds is 4. The van der Waals surface area contributed by atoms with Crippen LogP contribution in [0, 0.1) is 6.92 Å². The molecule has 1 amide bonds. The second-order valence-corrected chi connectivity index (χ2v) is 10.1. The number of aryl methyl sites for hydroxylation is 1. The summed E-state index contributed by atoms with van der Waals surface area (Å²) in [6, 6.07) is 0. The van der Waals surface area contributed by atoms with Crippen molar-refractivity contribution in [1.82, 2.24) is 9.88 Å². The molecule has 1 aromatic heterocycles. The SMILES string of the molecule is Cc1nc(COC2CSC3(C2)CN(C(=O)C2=CCCC2)C3)cs1.O=C(O)C(F)(F)F. The number of likely N-dealkylation sites (tertiary alicyclic amines) is 1. The highest BCUT2D eigenvalue weighted by Crippen LogP contribution is 2.46. The largest absolute Gasteiger partial charge is 0.490 e. The topological polar surface area (TPSA) is 79.7 Å². The summed E-state index contributed by atoms with van der Waals surface area (Å²) in [5.74, 6) is -1.45. The smallest absolute Gasteiger partial charge is 0.475 e. The number of aliphatic carboxylic acids is 1. The van der Waals surface area contributed by atoms with Crippen molar-refractivity contribution < 1.29 is 32.6 Å². The minimum Gasteiger partial charge on any atom is -0.475 e. The zero-order valence-corrected chi connectivity index (χ0v) is 18.0. The van der Waals surface area contributed by atoms with E-state index in [1.165, 1.54) is 0 Å². The lowest BCUT2D eigenvalue weighted by molar-refractivity contribution is -0.192. The molecule has 1 unspecified atom stereocenters. The molecule has 3 heterocycles. The van der Waals surface area contributed by atoms with Crippen LogP contribution in [0.25, 0.3) is 0 Å². The third-order valence-corrected chi connectivity index (χ3v) is 7.51. The Balaban J connectivity index is 0.000000318. The van der Waals surface area contributed by atoms with Gasteiger partial charge in [-0.3, -0.25) is 4.79 Å². The van der Waals surface area contributed by atoms with Crippen molar-refractivity contribution in [2.45, 2.75) is 56.2 Å². The maximum atomic E-state index is 12.4. The lowest BCUT2D eigenvalue weighted by Gasteiger charge is -2.47. The van der Waals surface area contributed by atoms with Crippen molar-refractivity contribution in [3.8, 4) is 0 Å². The number of nitrogens with zero attached hydrogens (tertiary/aromatic N) is 2. The van der Waals surface area contributed by atoms with Gasteiger partial charge in [0.1, 0.15) is 0 Å². The molecule has 4 rings (SSSR count). The van der Waals surface area contributed by atoms with Crippen LogP contribution in [-0.2, 0) is 20.9 Å². The Morgan fingerprint density at radius 2 is 2.10 bits per heavy atom. The molecule has 0 aromatic carbocycles. The molecule has 0 radical (unpaired) electrons. The summed E-state index contributed by atoms with van der Waals surface area (Å²) in [6.45, 7) is 4.42. The van der Waals surface area contributed by atoms with Gasteiger partial charge in [-0.2, -0.15) is 13.2 Å². The van der Waals surface area contributed by atoms with E-state index in [2.05, 4.69) is 16.4 Å². The first-order chi connectivity index (χ1) is 14.1. The molecule has 6 nitrogen and oxygen atoms in total. The van der Waals surface area contributed by atoms with Crippen LogP contribution < -0.4 is 0 Å². The fraction of sp³-hybridized carbons (Fsp3) is 0.632. The number of thioether (sulfide) groups is 1. The van der Waals surface area contributed by atoms with Crippen molar-refractivity contribution in [3.63, 3.8) is 0 Å². The minimum absolute atomic E-state index is 0.248. The number of alkyl halides is 3. The maximum Gasteiger partial charge on any atom is 0.490 e. The zero-order valence-electron chi connectivity index (χ0n) is 16.4. The van der Waals surface area contributed by atoms with E-state index in [0.717, 1.165) is 60.8 Å². The van der Waals surface area contributed by atoms with Gasteiger partial charge in [-0.1, -0.05) is 6.08 Å². The van der Waals surface area contributed by atoms with E-state index in [0.29, 0.717) is 12.7 Å². The average Bonchev–Trinajstić information content (AvgIpc) is 3.38. The number of carbonyl (C=O) groups excluding carboxylic acids is 1. The number of hydrogen-bond donors (Lipinski definition) is 1. The van der Waals surface area contributed by atoms with Gasteiger partial charge in [-0.25, -0.2) is 9.78 Å². The molecule has 0 bridgehead atoms. The van der Waals surface area contributed by atoms with E-state index in [-0.39, 0.29) is 10.7 Å². The van der Waals surface area contributed by atoms with Gasteiger partial charge < -0.3 is 14.7 Å². The Morgan fingerprint density at radius 3 is 2.63 bits per heavy atom.